The van der Waals surface area contributed by atoms with E-state index in [1.807, 2.05) is 13.1 Å². The fraction of sp³-hybridized carbons (Fsp3) is 0.154. The van der Waals surface area contributed by atoms with Crippen LogP contribution in [0.2, 0.25) is 0 Å². The number of hydrogen-bond acceptors (Lipinski definition) is 1. The summed E-state index contributed by atoms with van der Waals surface area (Å²) in [5, 5.41) is 0. The summed E-state index contributed by atoms with van der Waals surface area (Å²) < 4.78 is 0. The minimum absolute atomic E-state index is 1.04. The fourth-order valence-corrected chi connectivity index (χ4v) is 1.60. The van der Waals surface area contributed by atoms with E-state index in [9.17, 15) is 0 Å². The molecular weight excluding hydrogens is 170 g/mol. The van der Waals surface area contributed by atoms with Gasteiger partial charge in [0, 0.05) is 11.9 Å². The SMILES string of the molecule is CC1=C\c2ccccc2\C(C)=C/C=N/1. The number of aliphatic imine (C=N–C) groups is 1. The van der Waals surface area contributed by atoms with Gasteiger partial charge in [-0.25, -0.2) is 0 Å². The number of nitrogens with zero attached hydrogens (tertiary/aromatic N) is 1. The summed E-state index contributed by atoms with van der Waals surface area (Å²) in [6.07, 6.45) is 6.02. The van der Waals surface area contributed by atoms with Crippen LogP contribution in [0.4, 0.5) is 0 Å². The van der Waals surface area contributed by atoms with Crippen LogP contribution in [0.3, 0.4) is 0 Å². The lowest BCUT2D eigenvalue weighted by Gasteiger charge is -2.08. The predicted molar refractivity (Wildman–Crippen MR) is 62.2 cm³/mol. The number of benzene rings is 1. The van der Waals surface area contributed by atoms with Gasteiger partial charge in [-0.3, -0.25) is 4.99 Å². The zero-order valence-electron chi connectivity index (χ0n) is 8.49. The molecule has 0 aliphatic carbocycles. The lowest BCUT2D eigenvalue weighted by molar-refractivity contribution is 1.33. The van der Waals surface area contributed by atoms with Gasteiger partial charge in [-0.15, -0.1) is 0 Å². The van der Waals surface area contributed by atoms with Crippen LogP contribution < -0.4 is 0 Å². The summed E-state index contributed by atoms with van der Waals surface area (Å²) in [6.45, 7) is 4.13. The quantitative estimate of drug-likeness (QED) is 0.583. The van der Waals surface area contributed by atoms with Gasteiger partial charge >= 0.3 is 0 Å². The van der Waals surface area contributed by atoms with Gasteiger partial charge in [-0.1, -0.05) is 24.3 Å². The van der Waals surface area contributed by atoms with E-state index in [0.29, 0.717) is 0 Å². The molecule has 70 valence electrons. The Morgan fingerprint density at radius 1 is 1.07 bits per heavy atom. The molecular formula is C13H13N. The third kappa shape index (κ3) is 1.67. The smallest absolute Gasteiger partial charge is 0.0378 e. The Bertz CT molecular complexity index is 436. The Balaban J connectivity index is 2.64. The van der Waals surface area contributed by atoms with E-state index in [0.717, 1.165) is 5.70 Å². The monoisotopic (exact) mass is 183 g/mol. The highest BCUT2D eigenvalue weighted by atomic mass is 14.7. The van der Waals surface area contributed by atoms with Crippen LogP contribution in [0.5, 0.6) is 0 Å². The van der Waals surface area contributed by atoms with Crippen molar-refractivity contribution >= 4 is 17.9 Å². The highest BCUT2D eigenvalue weighted by Gasteiger charge is 2.02. The Kier molecular flexibility index (Phi) is 2.32. The maximum atomic E-state index is 4.29. The highest BCUT2D eigenvalue weighted by Crippen LogP contribution is 2.22. The summed E-state index contributed by atoms with van der Waals surface area (Å²) >= 11 is 0. The van der Waals surface area contributed by atoms with E-state index in [4.69, 9.17) is 0 Å². The van der Waals surface area contributed by atoms with Crippen LogP contribution in [-0.2, 0) is 0 Å². The molecule has 1 heteroatoms. The van der Waals surface area contributed by atoms with Crippen molar-refractivity contribution < 1.29 is 0 Å². The van der Waals surface area contributed by atoms with Gasteiger partial charge in [-0.2, -0.15) is 0 Å². The second kappa shape index (κ2) is 3.62. The Morgan fingerprint density at radius 3 is 2.71 bits per heavy atom. The molecule has 1 aromatic rings. The van der Waals surface area contributed by atoms with Crippen LogP contribution in [0.15, 0.2) is 41.0 Å². The summed E-state index contributed by atoms with van der Waals surface area (Å²) in [5.74, 6) is 0. The third-order valence-electron chi connectivity index (χ3n) is 2.35. The summed E-state index contributed by atoms with van der Waals surface area (Å²) in [4.78, 5) is 4.29. The van der Waals surface area contributed by atoms with E-state index in [1.165, 1.54) is 16.7 Å². The zero-order valence-corrected chi connectivity index (χ0v) is 8.49. The molecule has 1 aliphatic rings. The van der Waals surface area contributed by atoms with Gasteiger partial charge in [-0.05, 0) is 42.7 Å². The average molecular weight is 183 g/mol. The van der Waals surface area contributed by atoms with Crippen molar-refractivity contribution in [3.63, 3.8) is 0 Å². The van der Waals surface area contributed by atoms with Crippen LogP contribution in [0.25, 0.3) is 11.6 Å². The molecule has 0 bridgehead atoms. The summed E-state index contributed by atoms with van der Waals surface area (Å²) in [6, 6.07) is 8.39. The number of allylic oxidation sites excluding steroid dienone is 3. The molecule has 0 radical (unpaired) electrons. The maximum Gasteiger partial charge on any atom is 0.0378 e. The average Bonchev–Trinajstić information content (AvgIpc) is 2.16. The van der Waals surface area contributed by atoms with E-state index >= 15 is 0 Å². The molecule has 0 saturated carbocycles. The standard InChI is InChI=1S/C13H13N/c1-10-7-8-14-11(2)9-12-5-3-4-6-13(10)12/h3-9H,1-2H3/b8-7?,10-7-,11-9-,12-9?,13-10?,14-8+,14-11?. The van der Waals surface area contributed by atoms with Crippen molar-refractivity contribution in [2.45, 2.75) is 13.8 Å². The molecule has 0 atom stereocenters. The molecule has 0 spiro atoms. The molecule has 2 rings (SSSR count). The lowest BCUT2D eigenvalue weighted by Crippen LogP contribution is -1.89. The molecule has 1 nitrogen and oxygen atoms in total. The lowest BCUT2D eigenvalue weighted by atomic mass is 9.99. The third-order valence-corrected chi connectivity index (χ3v) is 2.35. The molecule has 0 fully saturated rings. The zero-order chi connectivity index (χ0) is 9.97. The first kappa shape index (κ1) is 8.95. The molecule has 1 heterocycles. The Hall–Kier alpha value is -1.63. The first-order valence-electron chi connectivity index (χ1n) is 4.76. The Labute approximate surface area is 84.5 Å². The largest absolute Gasteiger partial charge is 0.262 e. The van der Waals surface area contributed by atoms with Crippen LogP contribution in [0, 0.1) is 0 Å². The van der Waals surface area contributed by atoms with Gasteiger partial charge < -0.3 is 0 Å². The molecule has 0 amide bonds. The molecule has 0 saturated heterocycles. The normalized spacial score (nSPS) is 24.7. The van der Waals surface area contributed by atoms with Gasteiger partial charge in [0.25, 0.3) is 0 Å². The molecule has 1 aliphatic heterocycles. The van der Waals surface area contributed by atoms with Crippen molar-refractivity contribution in [1.82, 2.24) is 0 Å². The second-order valence-electron chi connectivity index (χ2n) is 3.50. The fourth-order valence-electron chi connectivity index (χ4n) is 1.60. The number of hydrogen-bond donors (Lipinski definition) is 0. The topological polar surface area (TPSA) is 12.4 Å². The van der Waals surface area contributed by atoms with Gasteiger partial charge in [0.15, 0.2) is 0 Å². The molecule has 14 heavy (non-hydrogen) atoms. The molecule has 0 aromatic heterocycles. The first-order chi connectivity index (χ1) is 6.77. The van der Waals surface area contributed by atoms with E-state index < -0.39 is 0 Å². The van der Waals surface area contributed by atoms with Crippen LogP contribution in [0.1, 0.15) is 25.0 Å². The number of fused-ring (bicyclic) bond motifs is 1. The van der Waals surface area contributed by atoms with Crippen molar-refractivity contribution in [3.05, 3.63) is 47.2 Å². The molecule has 1 aromatic carbocycles. The predicted octanol–water partition coefficient (Wildman–Crippen LogP) is 3.54. The first-order valence-corrected chi connectivity index (χ1v) is 4.76. The van der Waals surface area contributed by atoms with Crippen LogP contribution in [-0.4, -0.2) is 6.21 Å². The van der Waals surface area contributed by atoms with Gasteiger partial charge in [0.1, 0.15) is 0 Å². The summed E-state index contributed by atoms with van der Waals surface area (Å²) in [5.41, 5.74) is 4.84. The minimum Gasteiger partial charge on any atom is -0.262 e. The molecule has 0 N–H and O–H groups in total. The second-order valence-corrected chi connectivity index (χ2v) is 3.50. The van der Waals surface area contributed by atoms with Gasteiger partial charge in [0.2, 0.25) is 0 Å². The van der Waals surface area contributed by atoms with E-state index in [2.05, 4.69) is 48.3 Å². The minimum atomic E-state index is 1.04. The van der Waals surface area contributed by atoms with Crippen molar-refractivity contribution in [2.24, 2.45) is 4.99 Å². The summed E-state index contributed by atoms with van der Waals surface area (Å²) in [7, 11) is 0. The van der Waals surface area contributed by atoms with E-state index in [-0.39, 0.29) is 0 Å². The van der Waals surface area contributed by atoms with Crippen LogP contribution >= 0.6 is 0 Å². The Morgan fingerprint density at radius 2 is 1.86 bits per heavy atom. The van der Waals surface area contributed by atoms with Crippen molar-refractivity contribution in [2.75, 3.05) is 0 Å². The van der Waals surface area contributed by atoms with Crippen molar-refractivity contribution in [1.29, 1.82) is 0 Å². The molecule has 0 unspecified atom stereocenters. The van der Waals surface area contributed by atoms with E-state index in [1.54, 1.807) is 0 Å². The van der Waals surface area contributed by atoms with Gasteiger partial charge in [0.05, 0.1) is 0 Å². The highest BCUT2D eigenvalue weighted by molar-refractivity contribution is 5.88. The number of rotatable bonds is 0. The maximum absolute atomic E-state index is 4.29. The van der Waals surface area contributed by atoms with Crippen molar-refractivity contribution in [3.8, 4) is 0 Å².